The van der Waals surface area contributed by atoms with E-state index >= 15 is 0 Å². The van der Waals surface area contributed by atoms with E-state index in [0.29, 0.717) is 25.9 Å². The van der Waals surface area contributed by atoms with Crippen LogP contribution < -0.4 is 4.90 Å². The van der Waals surface area contributed by atoms with Gasteiger partial charge in [0, 0.05) is 51.4 Å². The molecule has 0 saturated carbocycles. The van der Waals surface area contributed by atoms with Crippen LogP contribution in [0.25, 0.3) is 0 Å². The molecule has 1 N–H and O–H groups in total. The van der Waals surface area contributed by atoms with Crippen molar-refractivity contribution in [1.82, 2.24) is 9.80 Å². The molecule has 26 heavy (non-hydrogen) atoms. The molecule has 1 aromatic carbocycles. The van der Waals surface area contributed by atoms with E-state index in [-0.39, 0.29) is 5.91 Å². The van der Waals surface area contributed by atoms with Crippen LogP contribution in [0.3, 0.4) is 0 Å². The first kappa shape index (κ1) is 18.7. The van der Waals surface area contributed by atoms with Gasteiger partial charge in [-0.1, -0.05) is 12.1 Å². The molecule has 1 amide bonds. The Morgan fingerprint density at radius 1 is 1.12 bits per heavy atom. The molecule has 2 aliphatic rings. The van der Waals surface area contributed by atoms with Crippen molar-refractivity contribution in [3.05, 3.63) is 29.8 Å². The number of nitrogens with zero attached hydrogens (tertiary/aromatic N) is 3. The number of carbonyl (C=O) groups excluding carboxylic acids is 1. The molecule has 2 heterocycles. The Balaban J connectivity index is 1.46. The zero-order valence-corrected chi connectivity index (χ0v) is 15.6. The van der Waals surface area contributed by atoms with E-state index in [1.165, 1.54) is 11.3 Å². The molecule has 1 aromatic rings. The summed E-state index contributed by atoms with van der Waals surface area (Å²) in [5, 5.41) is 9.32. The second kappa shape index (κ2) is 8.54. The number of aliphatic carboxylic acids is 1. The number of hydrogen-bond acceptors (Lipinski definition) is 4. The van der Waals surface area contributed by atoms with Crippen LogP contribution in [-0.4, -0.2) is 72.1 Å². The average Bonchev–Trinajstić information content (AvgIpc) is 2.66. The van der Waals surface area contributed by atoms with Crippen molar-refractivity contribution in [1.29, 1.82) is 0 Å². The van der Waals surface area contributed by atoms with Gasteiger partial charge in [0.1, 0.15) is 6.04 Å². The summed E-state index contributed by atoms with van der Waals surface area (Å²) in [6.07, 6.45) is 2.79. The van der Waals surface area contributed by atoms with E-state index in [1.807, 2.05) is 0 Å². The summed E-state index contributed by atoms with van der Waals surface area (Å²) < 4.78 is 0. The van der Waals surface area contributed by atoms with Crippen LogP contribution in [0, 0.1) is 6.92 Å². The highest BCUT2D eigenvalue weighted by Gasteiger charge is 2.31. The highest BCUT2D eigenvalue weighted by atomic mass is 16.4. The molecule has 1 unspecified atom stereocenters. The van der Waals surface area contributed by atoms with Crippen molar-refractivity contribution < 1.29 is 14.7 Å². The molecule has 142 valence electrons. The van der Waals surface area contributed by atoms with Gasteiger partial charge in [0.05, 0.1) is 0 Å². The van der Waals surface area contributed by atoms with E-state index in [9.17, 15) is 14.7 Å². The molecule has 2 saturated heterocycles. The zero-order chi connectivity index (χ0) is 18.5. The molecule has 6 nitrogen and oxygen atoms in total. The number of carboxylic acid groups (broad SMARTS) is 1. The highest BCUT2D eigenvalue weighted by Crippen LogP contribution is 2.20. The molecule has 0 radical (unpaired) electrons. The number of benzene rings is 1. The summed E-state index contributed by atoms with van der Waals surface area (Å²) in [6, 6.07) is 7.93. The Hall–Kier alpha value is -2.08. The number of likely N-dealkylation sites (tertiary alicyclic amines) is 1. The first-order valence-corrected chi connectivity index (χ1v) is 9.61. The summed E-state index contributed by atoms with van der Waals surface area (Å²) in [5.74, 6) is -0.886. The third kappa shape index (κ3) is 4.55. The number of aryl methyl sites for hydroxylation is 1. The molecular weight excluding hydrogens is 330 g/mol. The molecule has 1 atom stereocenters. The number of amides is 1. The van der Waals surface area contributed by atoms with Gasteiger partial charge in [0.25, 0.3) is 0 Å². The summed E-state index contributed by atoms with van der Waals surface area (Å²) >= 11 is 0. The first-order valence-electron chi connectivity index (χ1n) is 9.61. The fraction of sp³-hybridized carbons (Fsp3) is 0.600. The lowest BCUT2D eigenvalue weighted by atomic mass is 10.0. The minimum absolute atomic E-state index is 0.0155. The number of piperidine rings is 1. The van der Waals surface area contributed by atoms with E-state index in [1.54, 1.807) is 4.90 Å². The monoisotopic (exact) mass is 359 g/mol. The van der Waals surface area contributed by atoms with Crippen molar-refractivity contribution in [2.24, 2.45) is 0 Å². The molecule has 0 aliphatic carbocycles. The van der Waals surface area contributed by atoms with Gasteiger partial charge in [-0.15, -0.1) is 0 Å². The summed E-state index contributed by atoms with van der Waals surface area (Å²) in [5.41, 5.74) is 2.53. The van der Waals surface area contributed by atoms with E-state index < -0.39 is 12.0 Å². The van der Waals surface area contributed by atoms with Gasteiger partial charge < -0.3 is 14.9 Å². The SMILES string of the molecule is Cc1cccc(N2CCN(CCC(=O)N3CCCCC3C(=O)O)CC2)c1. The van der Waals surface area contributed by atoms with Crippen LogP contribution in [-0.2, 0) is 9.59 Å². The molecule has 3 rings (SSSR count). The van der Waals surface area contributed by atoms with Crippen molar-refractivity contribution in [2.75, 3.05) is 44.2 Å². The number of rotatable bonds is 5. The Bertz CT molecular complexity index is 641. The van der Waals surface area contributed by atoms with Gasteiger partial charge >= 0.3 is 5.97 Å². The Kier molecular flexibility index (Phi) is 6.14. The van der Waals surface area contributed by atoms with Crippen LogP contribution in [0.2, 0.25) is 0 Å². The van der Waals surface area contributed by atoms with Gasteiger partial charge in [0.2, 0.25) is 5.91 Å². The fourth-order valence-electron chi connectivity index (χ4n) is 3.94. The van der Waals surface area contributed by atoms with Gasteiger partial charge in [-0.3, -0.25) is 9.69 Å². The maximum absolute atomic E-state index is 12.5. The summed E-state index contributed by atoms with van der Waals surface area (Å²) in [4.78, 5) is 30.1. The Morgan fingerprint density at radius 3 is 2.58 bits per heavy atom. The minimum Gasteiger partial charge on any atom is -0.480 e. The van der Waals surface area contributed by atoms with Crippen molar-refractivity contribution in [2.45, 2.75) is 38.6 Å². The molecule has 2 aliphatic heterocycles. The van der Waals surface area contributed by atoms with Crippen LogP contribution in [0.1, 0.15) is 31.2 Å². The van der Waals surface area contributed by atoms with Crippen molar-refractivity contribution in [3.8, 4) is 0 Å². The third-order valence-corrected chi connectivity index (χ3v) is 5.49. The number of carboxylic acids is 1. The van der Waals surface area contributed by atoms with Gasteiger partial charge in [-0.25, -0.2) is 4.79 Å². The van der Waals surface area contributed by atoms with Crippen LogP contribution in [0.5, 0.6) is 0 Å². The topological polar surface area (TPSA) is 64.1 Å². The lowest BCUT2D eigenvalue weighted by Crippen LogP contribution is -2.50. The Morgan fingerprint density at radius 2 is 1.88 bits per heavy atom. The lowest BCUT2D eigenvalue weighted by molar-refractivity contribution is -0.152. The predicted octanol–water partition coefficient (Wildman–Crippen LogP) is 1.97. The standard InChI is InChI=1S/C20H29N3O3/c1-16-5-4-6-17(15-16)22-13-11-21(12-14-22)10-8-19(24)23-9-3-2-7-18(23)20(25)26/h4-6,15,18H,2-3,7-14H2,1H3,(H,25,26). The van der Waals surface area contributed by atoms with Crippen LogP contribution >= 0.6 is 0 Å². The maximum Gasteiger partial charge on any atom is 0.326 e. The predicted molar refractivity (Wildman–Crippen MR) is 101 cm³/mol. The van der Waals surface area contributed by atoms with E-state index in [4.69, 9.17) is 0 Å². The number of hydrogen-bond donors (Lipinski definition) is 1. The van der Waals surface area contributed by atoms with E-state index in [0.717, 1.165) is 39.0 Å². The van der Waals surface area contributed by atoms with Gasteiger partial charge in [0.15, 0.2) is 0 Å². The highest BCUT2D eigenvalue weighted by molar-refractivity contribution is 5.84. The number of anilines is 1. The second-order valence-corrected chi connectivity index (χ2v) is 7.35. The summed E-state index contributed by atoms with van der Waals surface area (Å²) in [7, 11) is 0. The third-order valence-electron chi connectivity index (χ3n) is 5.49. The summed E-state index contributed by atoms with van der Waals surface area (Å²) in [6.45, 7) is 7.18. The first-order chi connectivity index (χ1) is 12.5. The van der Waals surface area contributed by atoms with Crippen molar-refractivity contribution >= 4 is 17.6 Å². The minimum atomic E-state index is -0.871. The van der Waals surface area contributed by atoms with E-state index in [2.05, 4.69) is 41.0 Å². The lowest BCUT2D eigenvalue weighted by Gasteiger charge is -2.37. The molecule has 2 fully saturated rings. The van der Waals surface area contributed by atoms with Gasteiger partial charge in [-0.05, 0) is 43.9 Å². The second-order valence-electron chi connectivity index (χ2n) is 7.35. The van der Waals surface area contributed by atoms with Crippen LogP contribution in [0.15, 0.2) is 24.3 Å². The molecular formula is C20H29N3O3. The number of piperazine rings is 1. The average molecular weight is 359 g/mol. The smallest absolute Gasteiger partial charge is 0.326 e. The number of carbonyl (C=O) groups is 2. The molecule has 0 aromatic heterocycles. The fourth-order valence-corrected chi connectivity index (χ4v) is 3.94. The largest absolute Gasteiger partial charge is 0.480 e. The Labute approximate surface area is 155 Å². The zero-order valence-electron chi connectivity index (χ0n) is 15.6. The quantitative estimate of drug-likeness (QED) is 0.871. The molecule has 0 bridgehead atoms. The molecule has 0 spiro atoms. The molecule has 6 heteroatoms. The van der Waals surface area contributed by atoms with Gasteiger partial charge in [-0.2, -0.15) is 0 Å². The van der Waals surface area contributed by atoms with Crippen LogP contribution in [0.4, 0.5) is 5.69 Å². The van der Waals surface area contributed by atoms with Crippen molar-refractivity contribution in [3.63, 3.8) is 0 Å². The normalized spacial score (nSPS) is 21.7. The maximum atomic E-state index is 12.5.